The first-order valence-corrected chi connectivity index (χ1v) is 5.75. The van der Waals surface area contributed by atoms with Gasteiger partial charge < -0.3 is 9.47 Å². The van der Waals surface area contributed by atoms with Gasteiger partial charge in [-0.2, -0.15) is 0 Å². The van der Waals surface area contributed by atoms with Gasteiger partial charge in [-0.05, 0) is 19.3 Å². The van der Waals surface area contributed by atoms with E-state index < -0.39 is 11.9 Å². The van der Waals surface area contributed by atoms with E-state index in [0.29, 0.717) is 12.8 Å². The first-order valence-electron chi connectivity index (χ1n) is 4.68. The van der Waals surface area contributed by atoms with Crippen LogP contribution in [0.15, 0.2) is 0 Å². The number of alkyl halides is 2. The smallest absolute Gasteiger partial charge is 0.321 e. The van der Waals surface area contributed by atoms with Gasteiger partial charge in [-0.1, -0.05) is 0 Å². The zero-order valence-corrected chi connectivity index (χ0v) is 9.59. The quantitative estimate of drug-likeness (QED) is 0.564. The van der Waals surface area contributed by atoms with E-state index in [2.05, 4.69) is 0 Å². The second kappa shape index (κ2) is 6.18. The van der Waals surface area contributed by atoms with Crippen molar-refractivity contribution in [1.29, 1.82) is 0 Å². The van der Waals surface area contributed by atoms with Crippen LogP contribution in [-0.2, 0) is 19.1 Å². The van der Waals surface area contributed by atoms with Crippen LogP contribution in [0.3, 0.4) is 0 Å². The van der Waals surface area contributed by atoms with Crippen molar-refractivity contribution in [2.24, 2.45) is 0 Å². The third-order valence-corrected chi connectivity index (χ3v) is 2.61. The maximum atomic E-state index is 10.9. The molecule has 0 unspecified atom stereocenters. The number of hydrogen-bond acceptors (Lipinski definition) is 4. The molecule has 0 amide bonds. The van der Waals surface area contributed by atoms with Gasteiger partial charge in [0.15, 0.2) is 0 Å². The van der Waals surface area contributed by atoms with E-state index in [0.717, 1.165) is 6.42 Å². The molecule has 0 spiro atoms. The van der Waals surface area contributed by atoms with E-state index in [-0.39, 0.29) is 24.0 Å². The second-order valence-corrected chi connectivity index (χ2v) is 3.79. The molecule has 86 valence electrons. The van der Waals surface area contributed by atoms with E-state index >= 15 is 0 Å². The Bertz CT molecular complexity index is 220. The fraction of sp³-hybridized carbons (Fsp3) is 0.778. The molecule has 6 heteroatoms. The highest BCUT2D eigenvalue weighted by atomic mass is 35.5. The Labute approximate surface area is 97.8 Å². The number of ether oxygens (including phenoxy) is 2. The summed E-state index contributed by atoms with van der Waals surface area (Å²) >= 11 is 10.6. The van der Waals surface area contributed by atoms with Crippen molar-refractivity contribution in [1.82, 2.24) is 0 Å². The Morgan fingerprint density at radius 3 is 1.73 bits per heavy atom. The molecule has 2 atom stereocenters. The van der Waals surface area contributed by atoms with Crippen molar-refractivity contribution < 1.29 is 19.1 Å². The van der Waals surface area contributed by atoms with E-state index in [4.69, 9.17) is 32.7 Å². The maximum Gasteiger partial charge on any atom is 0.321 e. The van der Waals surface area contributed by atoms with Gasteiger partial charge in [0.1, 0.15) is 24.0 Å². The van der Waals surface area contributed by atoms with Crippen molar-refractivity contribution >= 4 is 35.1 Å². The van der Waals surface area contributed by atoms with Gasteiger partial charge in [0.05, 0.1) is 0 Å². The highest BCUT2D eigenvalue weighted by Gasteiger charge is 2.33. The first kappa shape index (κ1) is 12.6. The molecular weight excluding hydrogens is 243 g/mol. The van der Waals surface area contributed by atoms with Gasteiger partial charge in [0.25, 0.3) is 0 Å². The molecule has 4 nitrogen and oxygen atoms in total. The summed E-state index contributed by atoms with van der Waals surface area (Å²) in [5.41, 5.74) is 0. The van der Waals surface area contributed by atoms with Gasteiger partial charge in [-0.15, -0.1) is 23.2 Å². The first-order chi connectivity index (χ1) is 7.17. The summed E-state index contributed by atoms with van der Waals surface area (Å²) in [6.45, 7) is 0. The average Bonchev–Trinajstić information content (AvgIpc) is 2.65. The standard InChI is InChI=1S/C9H12Cl2O4/c10-4-8(12)14-6-2-1-3-7(6)15-9(13)5-11/h6-7H,1-5H2/t6-,7+. The van der Waals surface area contributed by atoms with Crippen LogP contribution >= 0.6 is 23.2 Å². The van der Waals surface area contributed by atoms with E-state index in [1.165, 1.54) is 0 Å². The molecule has 0 aromatic heterocycles. The molecule has 0 bridgehead atoms. The molecule has 1 aliphatic rings. The number of rotatable bonds is 4. The van der Waals surface area contributed by atoms with Crippen LogP contribution in [0.5, 0.6) is 0 Å². The predicted molar refractivity (Wildman–Crippen MR) is 55.1 cm³/mol. The van der Waals surface area contributed by atoms with Gasteiger partial charge >= 0.3 is 11.9 Å². The maximum absolute atomic E-state index is 10.9. The Morgan fingerprint density at radius 1 is 1.00 bits per heavy atom. The summed E-state index contributed by atoms with van der Waals surface area (Å²) in [4.78, 5) is 21.9. The van der Waals surface area contributed by atoms with Crippen LogP contribution in [0, 0.1) is 0 Å². The molecule has 0 radical (unpaired) electrons. The Balaban J connectivity index is 2.42. The molecule has 0 aliphatic heterocycles. The van der Waals surface area contributed by atoms with Gasteiger partial charge in [0.2, 0.25) is 0 Å². The third kappa shape index (κ3) is 3.87. The van der Waals surface area contributed by atoms with Crippen molar-refractivity contribution in [3.8, 4) is 0 Å². The number of carbonyl (C=O) groups is 2. The summed E-state index contributed by atoms with van der Waals surface area (Å²) < 4.78 is 10.1. The molecular formula is C9H12Cl2O4. The average molecular weight is 255 g/mol. The zero-order chi connectivity index (χ0) is 11.3. The lowest BCUT2D eigenvalue weighted by atomic mass is 10.2. The lowest BCUT2D eigenvalue weighted by Crippen LogP contribution is -2.31. The fourth-order valence-corrected chi connectivity index (χ4v) is 1.69. The third-order valence-electron chi connectivity index (χ3n) is 2.18. The number of halogens is 2. The number of hydrogen-bond donors (Lipinski definition) is 0. The van der Waals surface area contributed by atoms with Crippen LogP contribution in [-0.4, -0.2) is 35.9 Å². The summed E-state index contributed by atoms with van der Waals surface area (Å²) in [6.07, 6.45) is 1.51. The van der Waals surface area contributed by atoms with Crippen LogP contribution in [0.2, 0.25) is 0 Å². The van der Waals surface area contributed by atoms with Crippen molar-refractivity contribution in [3.05, 3.63) is 0 Å². The highest BCUT2D eigenvalue weighted by Crippen LogP contribution is 2.25. The largest absolute Gasteiger partial charge is 0.458 e. The van der Waals surface area contributed by atoms with Gasteiger partial charge in [-0.3, -0.25) is 9.59 Å². The van der Waals surface area contributed by atoms with E-state index in [1.54, 1.807) is 0 Å². The monoisotopic (exact) mass is 254 g/mol. The van der Waals surface area contributed by atoms with Crippen molar-refractivity contribution in [3.63, 3.8) is 0 Å². The van der Waals surface area contributed by atoms with Gasteiger partial charge in [0, 0.05) is 0 Å². The molecule has 0 heterocycles. The predicted octanol–water partition coefficient (Wildman–Crippen LogP) is 1.47. The lowest BCUT2D eigenvalue weighted by molar-refractivity contribution is -0.161. The summed E-state index contributed by atoms with van der Waals surface area (Å²) in [7, 11) is 0. The molecule has 1 aliphatic carbocycles. The van der Waals surface area contributed by atoms with Crippen LogP contribution < -0.4 is 0 Å². The topological polar surface area (TPSA) is 52.6 Å². The second-order valence-electron chi connectivity index (χ2n) is 3.25. The van der Waals surface area contributed by atoms with E-state index in [9.17, 15) is 9.59 Å². The molecule has 0 saturated heterocycles. The molecule has 1 saturated carbocycles. The van der Waals surface area contributed by atoms with Crippen LogP contribution in [0.25, 0.3) is 0 Å². The normalized spacial score (nSPS) is 24.9. The summed E-state index contributed by atoms with van der Waals surface area (Å²) in [5.74, 6) is -1.36. The molecule has 15 heavy (non-hydrogen) atoms. The molecule has 0 N–H and O–H groups in total. The zero-order valence-electron chi connectivity index (χ0n) is 8.08. The minimum absolute atomic E-state index is 0.188. The molecule has 0 aromatic carbocycles. The number of esters is 2. The lowest BCUT2D eigenvalue weighted by Gasteiger charge is -2.19. The van der Waals surface area contributed by atoms with Crippen LogP contribution in [0.1, 0.15) is 19.3 Å². The Morgan fingerprint density at radius 2 is 1.40 bits per heavy atom. The van der Waals surface area contributed by atoms with Crippen molar-refractivity contribution in [2.45, 2.75) is 31.5 Å². The minimum atomic E-state index is -0.490. The SMILES string of the molecule is O=C(CCl)O[C@H]1CCC[C@H]1OC(=O)CCl. The minimum Gasteiger partial charge on any atom is -0.458 e. The van der Waals surface area contributed by atoms with Crippen molar-refractivity contribution in [2.75, 3.05) is 11.8 Å². The number of carbonyl (C=O) groups excluding carboxylic acids is 2. The summed E-state index contributed by atoms with van der Waals surface area (Å²) in [5, 5.41) is 0. The molecule has 1 rings (SSSR count). The van der Waals surface area contributed by atoms with E-state index in [1.807, 2.05) is 0 Å². The summed E-state index contributed by atoms with van der Waals surface area (Å²) in [6, 6.07) is 0. The fourth-order valence-electron chi connectivity index (χ4n) is 1.56. The van der Waals surface area contributed by atoms with Crippen LogP contribution in [0.4, 0.5) is 0 Å². The highest BCUT2D eigenvalue weighted by molar-refractivity contribution is 6.26. The Kier molecular flexibility index (Phi) is 5.19. The van der Waals surface area contributed by atoms with Gasteiger partial charge in [-0.25, -0.2) is 0 Å². The molecule has 0 aromatic rings. The molecule has 1 fully saturated rings. The Hall–Kier alpha value is -0.480.